The molecule has 0 radical (unpaired) electrons. The average molecular weight is 558 g/mol. The highest BCUT2D eigenvalue weighted by Gasteiger charge is 2.33. The average Bonchev–Trinajstić information content (AvgIpc) is 2.84. The number of amidine groups is 1. The molecule has 3 aromatic carbocycles. The molecule has 0 aromatic heterocycles. The number of hydrogen-bond donors (Lipinski definition) is 2. The summed E-state index contributed by atoms with van der Waals surface area (Å²) >= 11 is 6.28. The van der Waals surface area contributed by atoms with Gasteiger partial charge in [-0.3, -0.25) is 14.5 Å². The van der Waals surface area contributed by atoms with Crippen LogP contribution in [0.5, 0.6) is 5.75 Å². The molecule has 10 heteroatoms. The van der Waals surface area contributed by atoms with Gasteiger partial charge in [0.1, 0.15) is 16.5 Å². The first-order valence-electron chi connectivity index (χ1n) is 12.1. The van der Waals surface area contributed by atoms with Crippen molar-refractivity contribution in [3.05, 3.63) is 88.4 Å². The van der Waals surface area contributed by atoms with Crippen LogP contribution in [-0.2, 0) is 26.0 Å². The van der Waals surface area contributed by atoms with E-state index in [1.165, 1.54) is 16.4 Å². The molecule has 1 unspecified atom stereocenters. The number of ether oxygens (including phenoxy) is 2. The van der Waals surface area contributed by atoms with Crippen LogP contribution in [0.4, 0.5) is 5.69 Å². The highest BCUT2D eigenvalue weighted by atomic mass is 35.5. The van der Waals surface area contributed by atoms with E-state index in [-0.39, 0.29) is 28.8 Å². The van der Waals surface area contributed by atoms with Crippen LogP contribution in [0.1, 0.15) is 37.0 Å². The number of rotatable bonds is 12. The number of anilines is 1. The lowest BCUT2D eigenvalue weighted by molar-refractivity contribution is -0.143. The van der Waals surface area contributed by atoms with Crippen molar-refractivity contribution in [3.63, 3.8) is 0 Å². The third kappa shape index (κ3) is 7.26. The van der Waals surface area contributed by atoms with Gasteiger partial charge in [0, 0.05) is 18.1 Å². The minimum absolute atomic E-state index is 0.00794. The van der Waals surface area contributed by atoms with Crippen molar-refractivity contribution >= 4 is 39.1 Å². The Morgan fingerprint density at radius 2 is 1.79 bits per heavy atom. The van der Waals surface area contributed by atoms with Crippen LogP contribution in [0.2, 0.25) is 5.02 Å². The van der Waals surface area contributed by atoms with E-state index in [4.69, 9.17) is 32.2 Å². The second kappa shape index (κ2) is 12.8. The van der Waals surface area contributed by atoms with Gasteiger partial charge >= 0.3 is 5.97 Å². The number of nitrogens with one attached hydrogen (secondary N) is 1. The Labute approximate surface area is 228 Å². The van der Waals surface area contributed by atoms with E-state index in [0.29, 0.717) is 30.0 Å². The number of aryl methyl sites for hydroxylation is 1. The molecule has 0 spiro atoms. The van der Waals surface area contributed by atoms with Gasteiger partial charge in [-0.15, -0.1) is 0 Å². The number of nitrogens with zero attached hydrogens (tertiary/aromatic N) is 1. The summed E-state index contributed by atoms with van der Waals surface area (Å²) in [5.41, 5.74) is 8.30. The quantitative estimate of drug-likeness (QED) is 0.182. The van der Waals surface area contributed by atoms with E-state index >= 15 is 0 Å². The summed E-state index contributed by atoms with van der Waals surface area (Å²) < 4.78 is 40.0. The van der Waals surface area contributed by atoms with E-state index in [0.717, 1.165) is 11.1 Å². The smallest absolute Gasteiger partial charge is 0.307 e. The number of nitrogens with two attached hydrogens (primary N) is 1. The van der Waals surface area contributed by atoms with Gasteiger partial charge in [0.05, 0.1) is 36.4 Å². The lowest BCUT2D eigenvalue weighted by atomic mass is 10.1. The molecule has 8 nitrogen and oxygen atoms in total. The van der Waals surface area contributed by atoms with Crippen molar-refractivity contribution < 1.29 is 22.7 Å². The molecule has 0 aliphatic carbocycles. The molecule has 38 heavy (non-hydrogen) atoms. The largest absolute Gasteiger partial charge is 0.493 e. The minimum atomic E-state index is -4.14. The molecule has 0 fully saturated rings. The molecule has 3 N–H and O–H groups in total. The Morgan fingerprint density at radius 1 is 1.11 bits per heavy atom. The molecule has 0 aliphatic heterocycles. The number of hydrogen-bond acceptors (Lipinski definition) is 6. The van der Waals surface area contributed by atoms with Crippen molar-refractivity contribution in [2.24, 2.45) is 5.73 Å². The number of benzene rings is 3. The summed E-state index contributed by atoms with van der Waals surface area (Å²) in [6, 6.07) is 18.0. The topological polar surface area (TPSA) is 123 Å². The Bertz CT molecular complexity index is 1390. The molecule has 0 saturated carbocycles. The van der Waals surface area contributed by atoms with Crippen LogP contribution < -0.4 is 14.8 Å². The van der Waals surface area contributed by atoms with Crippen LogP contribution in [0.25, 0.3) is 0 Å². The first kappa shape index (κ1) is 29.0. The Balaban J connectivity index is 1.91. The number of nitrogen functional groups attached to an aromatic ring is 1. The zero-order valence-corrected chi connectivity index (χ0v) is 23.2. The van der Waals surface area contributed by atoms with Crippen molar-refractivity contribution in [2.45, 2.75) is 44.6 Å². The van der Waals surface area contributed by atoms with Crippen LogP contribution >= 0.6 is 11.6 Å². The van der Waals surface area contributed by atoms with E-state index in [2.05, 4.69) is 0 Å². The van der Waals surface area contributed by atoms with Crippen LogP contribution in [0.3, 0.4) is 0 Å². The molecular formula is C28H32ClN3O5S. The summed E-state index contributed by atoms with van der Waals surface area (Å²) in [6.07, 6.45) is 0.459. The van der Waals surface area contributed by atoms with Gasteiger partial charge in [-0.25, -0.2) is 8.42 Å². The van der Waals surface area contributed by atoms with E-state index < -0.39 is 22.0 Å². The molecule has 0 amide bonds. The monoisotopic (exact) mass is 557 g/mol. The third-order valence-electron chi connectivity index (χ3n) is 5.76. The number of carbonyl (C=O) groups excluding carboxylic acids is 1. The predicted molar refractivity (Wildman–Crippen MR) is 150 cm³/mol. The lowest BCUT2D eigenvalue weighted by Crippen LogP contribution is -2.40. The van der Waals surface area contributed by atoms with Crippen molar-refractivity contribution in [1.29, 1.82) is 5.41 Å². The summed E-state index contributed by atoms with van der Waals surface area (Å²) in [6.45, 7) is 5.73. The second-order valence-electron chi connectivity index (χ2n) is 8.80. The van der Waals surface area contributed by atoms with E-state index in [9.17, 15) is 13.2 Å². The van der Waals surface area contributed by atoms with E-state index in [1.54, 1.807) is 50.2 Å². The van der Waals surface area contributed by atoms with Gasteiger partial charge in [-0.1, -0.05) is 48.0 Å². The van der Waals surface area contributed by atoms with E-state index in [1.807, 2.05) is 25.1 Å². The summed E-state index contributed by atoms with van der Waals surface area (Å²) in [4.78, 5) is 12.2. The first-order chi connectivity index (χ1) is 18.0. The molecule has 1 atom stereocenters. The fourth-order valence-electron chi connectivity index (χ4n) is 4.01. The van der Waals surface area contributed by atoms with Crippen LogP contribution in [0, 0.1) is 12.3 Å². The Hall–Kier alpha value is -3.56. The third-order valence-corrected chi connectivity index (χ3v) is 8.20. The normalized spacial score (nSPS) is 12.0. The van der Waals surface area contributed by atoms with Gasteiger partial charge in [0.25, 0.3) is 10.0 Å². The standard InChI is InChI=1S/C28H32ClN3O5S/c1-4-36-27(33)17-20(3)32(38(34,35)26-8-6-5-7-25(26)29)23-15-19(2)16-24(18-23)37-14-13-21-9-11-22(12-10-21)28(30)31/h5-12,15-16,18,20H,4,13-14,17H2,1-3H3,(H3,30,31). The summed E-state index contributed by atoms with van der Waals surface area (Å²) in [5.74, 6) is -0.00380. The highest BCUT2D eigenvalue weighted by molar-refractivity contribution is 7.93. The molecule has 3 aromatic rings. The molecule has 0 heterocycles. The van der Waals surface area contributed by atoms with Gasteiger partial charge < -0.3 is 15.2 Å². The molecular weight excluding hydrogens is 526 g/mol. The zero-order chi connectivity index (χ0) is 27.9. The lowest BCUT2D eigenvalue weighted by Gasteiger charge is -2.31. The maximum absolute atomic E-state index is 13.9. The maximum atomic E-state index is 13.9. The molecule has 0 saturated heterocycles. The molecule has 3 rings (SSSR count). The van der Waals surface area contributed by atoms with Crippen molar-refractivity contribution in [2.75, 3.05) is 17.5 Å². The predicted octanol–water partition coefficient (Wildman–Crippen LogP) is 5.09. The van der Waals surface area contributed by atoms with Crippen LogP contribution in [0.15, 0.2) is 71.6 Å². The fourth-order valence-corrected chi connectivity index (χ4v) is 6.15. The van der Waals surface area contributed by atoms with Gasteiger partial charge in [-0.2, -0.15) is 0 Å². The van der Waals surface area contributed by atoms with Crippen LogP contribution in [-0.4, -0.2) is 39.5 Å². The number of sulfonamides is 1. The van der Waals surface area contributed by atoms with Gasteiger partial charge in [-0.05, 0) is 56.2 Å². The Morgan fingerprint density at radius 3 is 2.42 bits per heavy atom. The fraction of sp³-hybridized carbons (Fsp3) is 0.286. The number of carbonyl (C=O) groups is 1. The summed E-state index contributed by atoms with van der Waals surface area (Å²) in [7, 11) is -4.14. The zero-order valence-electron chi connectivity index (χ0n) is 21.6. The second-order valence-corrected chi connectivity index (χ2v) is 11.0. The van der Waals surface area contributed by atoms with Gasteiger partial charge in [0.15, 0.2) is 0 Å². The molecule has 202 valence electrons. The maximum Gasteiger partial charge on any atom is 0.307 e. The van der Waals surface area contributed by atoms with Crippen molar-refractivity contribution in [3.8, 4) is 5.75 Å². The summed E-state index contributed by atoms with van der Waals surface area (Å²) in [5, 5.41) is 7.59. The Kier molecular flexibility index (Phi) is 9.77. The molecule has 0 aliphatic rings. The number of esters is 1. The number of halogens is 1. The minimum Gasteiger partial charge on any atom is -0.493 e. The van der Waals surface area contributed by atoms with Crippen molar-refractivity contribution in [1.82, 2.24) is 0 Å². The highest BCUT2D eigenvalue weighted by Crippen LogP contribution is 2.34. The van der Waals surface area contributed by atoms with Gasteiger partial charge in [0.2, 0.25) is 0 Å². The first-order valence-corrected chi connectivity index (χ1v) is 14.0. The SMILES string of the molecule is CCOC(=O)CC(C)N(c1cc(C)cc(OCCc2ccc(C(=N)N)cc2)c1)S(=O)(=O)c1ccccc1Cl. The molecule has 0 bridgehead atoms.